The van der Waals surface area contributed by atoms with E-state index in [-0.39, 0.29) is 18.4 Å². The summed E-state index contributed by atoms with van der Waals surface area (Å²) >= 11 is 1.69. The number of amides is 1. The number of aliphatic hydroxyl groups is 1. The maximum Gasteiger partial charge on any atom is 0.288 e. The quantitative estimate of drug-likeness (QED) is 0.801. The van der Waals surface area contributed by atoms with Crippen LogP contribution < -0.4 is 0 Å². The summed E-state index contributed by atoms with van der Waals surface area (Å²) < 4.78 is 11.6. The van der Waals surface area contributed by atoms with Crippen molar-refractivity contribution < 1.29 is 19.4 Å². The van der Waals surface area contributed by atoms with Gasteiger partial charge in [0.1, 0.15) is 0 Å². The second kappa shape index (κ2) is 8.65. The fourth-order valence-corrected chi connectivity index (χ4v) is 3.95. The molecular formula is C18H25NO4S. The van der Waals surface area contributed by atoms with Gasteiger partial charge in [-0.1, -0.05) is 6.07 Å². The van der Waals surface area contributed by atoms with E-state index in [1.165, 1.54) is 11.3 Å². The van der Waals surface area contributed by atoms with E-state index in [0.717, 1.165) is 25.9 Å². The molecule has 0 unspecified atom stereocenters. The summed E-state index contributed by atoms with van der Waals surface area (Å²) in [6.07, 6.45) is 6.10. The third-order valence-electron chi connectivity index (χ3n) is 4.43. The summed E-state index contributed by atoms with van der Waals surface area (Å²) in [5.74, 6) is 0.531. The van der Waals surface area contributed by atoms with E-state index in [0.29, 0.717) is 25.2 Å². The molecule has 1 aromatic rings. The molecule has 1 N–H and O–H groups in total. The van der Waals surface area contributed by atoms with Crippen molar-refractivity contribution in [3.63, 3.8) is 0 Å². The van der Waals surface area contributed by atoms with Crippen LogP contribution in [0.3, 0.4) is 0 Å². The van der Waals surface area contributed by atoms with Crippen LogP contribution in [0.5, 0.6) is 0 Å². The van der Waals surface area contributed by atoms with Gasteiger partial charge in [-0.3, -0.25) is 4.79 Å². The molecule has 5 nitrogen and oxygen atoms in total. The first kappa shape index (κ1) is 17.5. The van der Waals surface area contributed by atoms with Gasteiger partial charge in [0.25, 0.3) is 5.91 Å². The zero-order valence-electron chi connectivity index (χ0n) is 13.9. The van der Waals surface area contributed by atoms with E-state index < -0.39 is 6.29 Å². The number of thiophene rings is 1. The number of hydrogen-bond donors (Lipinski definition) is 1. The Balaban J connectivity index is 1.72. The molecule has 0 spiro atoms. The molecule has 0 saturated carbocycles. The van der Waals surface area contributed by atoms with Gasteiger partial charge in [0.05, 0.1) is 6.61 Å². The van der Waals surface area contributed by atoms with Crippen molar-refractivity contribution in [2.45, 2.75) is 44.3 Å². The molecule has 3 heterocycles. The highest BCUT2D eigenvalue weighted by Gasteiger charge is 2.31. The summed E-state index contributed by atoms with van der Waals surface area (Å²) in [7, 11) is 0. The Hall–Kier alpha value is -1.37. The molecule has 0 aliphatic carbocycles. The Morgan fingerprint density at radius 3 is 2.92 bits per heavy atom. The Labute approximate surface area is 146 Å². The molecule has 2 aliphatic rings. The predicted molar refractivity (Wildman–Crippen MR) is 92.7 cm³/mol. The number of aliphatic hydroxyl groups excluding tert-OH is 1. The molecule has 132 valence electrons. The molecule has 1 fully saturated rings. The van der Waals surface area contributed by atoms with E-state index in [4.69, 9.17) is 14.6 Å². The fourth-order valence-electron chi connectivity index (χ4n) is 3.14. The average Bonchev–Trinajstić information content (AvgIpc) is 3.16. The van der Waals surface area contributed by atoms with Crippen molar-refractivity contribution in [1.82, 2.24) is 4.90 Å². The molecule has 2 atom stereocenters. The summed E-state index contributed by atoms with van der Waals surface area (Å²) in [6, 6.07) is 4.11. The van der Waals surface area contributed by atoms with Crippen LogP contribution in [-0.2, 0) is 14.3 Å². The number of allylic oxidation sites excluding steroid dienone is 1. The van der Waals surface area contributed by atoms with Crippen LogP contribution >= 0.6 is 11.3 Å². The monoisotopic (exact) mass is 351 g/mol. The van der Waals surface area contributed by atoms with Gasteiger partial charge in [-0.15, -0.1) is 11.3 Å². The highest BCUT2D eigenvalue weighted by atomic mass is 32.1. The van der Waals surface area contributed by atoms with Gasteiger partial charge in [-0.25, -0.2) is 0 Å². The van der Waals surface area contributed by atoms with Crippen LogP contribution in [0.15, 0.2) is 29.3 Å². The van der Waals surface area contributed by atoms with Crippen molar-refractivity contribution >= 4 is 17.2 Å². The largest absolute Gasteiger partial charge is 0.459 e. The van der Waals surface area contributed by atoms with Gasteiger partial charge in [0.2, 0.25) is 6.29 Å². The lowest BCUT2D eigenvalue weighted by atomic mass is 9.99. The number of likely N-dealkylation sites (tertiary alicyclic amines) is 1. The van der Waals surface area contributed by atoms with Gasteiger partial charge < -0.3 is 19.5 Å². The molecule has 1 amide bonds. The minimum Gasteiger partial charge on any atom is -0.459 e. The van der Waals surface area contributed by atoms with Gasteiger partial charge in [-0.2, -0.15) is 0 Å². The summed E-state index contributed by atoms with van der Waals surface area (Å²) in [5.41, 5.74) is 0. The highest BCUT2D eigenvalue weighted by molar-refractivity contribution is 7.10. The lowest BCUT2D eigenvalue weighted by molar-refractivity contribution is -0.153. The highest BCUT2D eigenvalue weighted by Crippen LogP contribution is 2.34. The second-order valence-corrected chi connectivity index (χ2v) is 7.22. The van der Waals surface area contributed by atoms with Crippen molar-refractivity contribution in [2.75, 3.05) is 26.3 Å². The molecule has 0 radical (unpaired) electrons. The number of ether oxygens (including phenoxy) is 2. The summed E-state index contributed by atoms with van der Waals surface area (Å²) in [6.45, 7) is 2.14. The lowest BCUT2D eigenvalue weighted by Crippen LogP contribution is -2.39. The molecule has 0 bridgehead atoms. The number of carbonyl (C=O) groups is 1. The molecule has 24 heavy (non-hydrogen) atoms. The number of carbonyl (C=O) groups excluding carboxylic acids is 1. The van der Waals surface area contributed by atoms with Crippen molar-refractivity contribution in [3.8, 4) is 0 Å². The van der Waals surface area contributed by atoms with Crippen molar-refractivity contribution in [1.29, 1.82) is 0 Å². The normalized spacial score (nSPS) is 24.4. The predicted octanol–water partition coefficient (Wildman–Crippen LogP) is 2.87. The van der Waals surface area contributed by atoms with Crippen LogP contribution in [0.4, 0.5) is 0 Å². The Bertz CT molecular complexity index is 551. The second-order valence-electron chi connectivity index (χ2n) is 6.24. The van der Waals surface area contributed by atoms with Crippen LogP contribution in [0.25, 0.3) is 0 Å². The first-order chi connectivity index (χ1) is 11.8. The summed E-state index contributed by atoms with van der Waals surface area (Å²) in [5, 5.41) is 11.0. The fraction of sp³-hybridized carbons (Fsp3) is 0.611. The maximum atomic E-state index is 12.8. The first-order valence-corrected chi connectivity index (χ1v) is 9.59. The van der Waals surface area contributed by atoms with Gasteiger partial charge in [-0.05, 0) is 43.2 Å². The SMILES string of the molecule is O=C(C1=C[C@@H](c2cccs2)C[C@@H](OCCCO)O1)N1CCCCC1. The first-order valence-electron chi connectivity index (χ1n) is 8.71. The zero-order chi connectivity index (χ0) is 16.8. The molecule has 6 heteroatoms. The molecule has 3 rings (SSSR count). The number of piperidine rings is 1. The van der Waals surface area contributed by atoms with Crippen LogP contribution in [0.1, 0.15) is 42.9 Å². The Kier molecular flexibility index (Phi) is 6.29. The average molecular weight is 351 g/mol. The Morgan fingerprint density at radius 2 is 2.21 bits per heavy atom. The third kappa shape index (κ3) is 4.37. The van der Waals surface area contributed by atoms with Crippen molar-refractivity contribution in [3.05, 3.63) is 34.2 Å². The topological polar surface area (TPSA) is 59.0 Å². The third-order valence-corrected chi connectivity index (χ3v) is 5.43. The van der Waals surface area contributed by atoms with E-state index in [9.17, 15) is 4.79 Å². The van der Waals surface area contributed by atoms with Crippen LogP contribution in [0.2, 0.25) is 0 Å². The molecule has 1 aromatic heterocycles. The number of rotatable bonds is 6. The molecule has 1 saturated heterocycles. The van der Waals surface area contributed by atoms with Gasteiger partial charge in [0, 0.05) is 36.9 Å². The molecular weight excluding hydrogens is 326 g/mol. The maximum absolute atomic E-state index is 12.8. The molecule has 0 aromatic carbocycles. The number of hydrogen-bond acceptors (Lipinski definition) is 5. The summed E-state index contributed by atoms with van der Waals surface area (Å²) in [4.78, 5) is 15.9. The van der Waals surface area contributed by atoms with E-state index in [1.807, 2.05) is 22.4 Å². The van der Waals surface area contributed by atoms with E-state index in [2.05, 4.69) is 6.07 Å². The minimum atomic E-state index is -0.433. The van der Waals surface area contributed by atoms with E-state index in [1.54, 1.807) is 11.3 Å². The van der Waals surface area contributed by atoms with Gasteiger partial charge in [0.15, 0.2) is 5.76 Å². The number of nitrogens with zero attached hydrogens (tertiary/aromatic N) is 1. The lowest BCUT2D eigenvalue weighted by Gasteiger charge is -2.32. The smallest absolute Gasteiger partial charge is 0.288 e. The minimum absolute atomic E-state index is 0.0216. The van der Waals surface area contributed by atoms with E-state index >= 15 is 0 Å². The standard InChI is InChI=1S/C18H25NO4S/c20-9-5-10-22-17-13-14(16-6-4-11-24-16)12-15(23-17)18(21)19-7-2-1-3-8-19/h4,6,11-12,14,17,20H,1-3,5,7-10,13H2/t14-,17+/m1/s1. The van der Waals surface area contributed by atoms with Crippen LogP contribution in [-0.4, -0.2) is 48.5 Å². The van der Waals surface area contributed by atoms with Crippen LogP contribution in [0, 0.1) is 0 Å². The Morgan fingerprint density at radius 1 is 1.38 bits per heavy atom. The van der Waals surface area contributed by atoms with Crippen molar-refractivity contribution in [2.24, 2.45) is 0 Å². The zero-order valence-corrected chi connectivity index (χ0v) is 14.7. The molecule has 2 aliphatic heterocycles. The van der Waals surface area contributed by atoms with Gasteiger partial charge >= 0.3 is 0 Å².